The van der Waals surface area contributed by atoms with Gasteiger partial charge in [-0.2, -0.15) is 0 Å². The van der Waals surface area contributed by atoms with Gasteiger partial charge in [0.25, 0.3) is 0 Å². The van der Waals surface area contributed by atoms with Gasteiger partial charge < -0.3 is 20.3 Å². The third kappa shape index (κ3) is 5.72. The van der Waals surface area contributed by atoms with E-state index in [0.29, 0.717) is 6.04 Å². The standard InChI is InChI=1S/C20H34N4O/c1-6-16-8-10-17(11-9-16)18(24(4)5)14-22-19(21-3)23-15-20(2)12-7-13-25-20/h8-11,18H,6-7,12-15H2,1-5H3,(H2,21,22,23). The second-order valence-corrected chi connectivity index (χ2v) is 7.28. The summed E-state index contributed by atoms with van der Waals surface area (Å²) in [6.07, 6.45) is 3.31. The molecule has 5 nitrogen and oxygen atoms in total. The van der Waals surface area contributed by atoms with Crippen molar-refractivity contribution in [1.82, 2.24) is 15.5 Å². The summed E-state index contributed by atoms with van der Waals surface area (Å²) in [6, 6.07) is 9.19. The molecule has 2 atom stereocenters. The van der Waals surface area contributed by atoms with E-state index in [9.17, 15) is 0 Å². The first kappa shape index (κ1) is 19.7. The summed E-state index contributed by atoms with van der Waals surface area (Å²) in [6.45, 7) is 6.79. The van der Waals surface area contributed by atoms with Gasteiger partial charge in [0, 0.05) is 26.7 Å². The van der Waals surface area contributed by atoms with E-state index in [-0.39, 0.29) is 5.60 Å². The van der Waals surface area contributed by atoms with Crippen LogP contribution in [0.25, 0.3) is 0 Å². The first-order chi connectivity index (χ1) is 12.0. The van der Waals surface area contributed by atoms with E-state index in [1.54, 1.807) is 0 Å². The maximum Gasteiger partial charge on any atom is 0.191 e. The summed E-state index contributed by atoms with van der Waals surface area (Å²) in [4.78, 5) is 6.59. The fraction of sp³-hybridized carbons (Fsp3) is 0.650. The van der Waals surface area contributed by atoms with E-state index in [2.05, 4.69) is 72.7 Å². The Kier molecular flexibility index (Phi) is 7.26. The molecule has 1 aliphatic rings. The molecule has 0 aliphatic carbocycles. The van der Waals surface area contributed by atoms with Crippen molar-refractivity contribution < 1.29 is 4.74 Å². The van der Waals surface area contributed by atoms with Gasteiger partial charge >= 0.3 is 0 Å². The van der Waals surface area contributed by atoms with Crippen LogP contribution in [0.5, 0.6) is 0 Å². The molecule has 140 valence electrons. The first-order valence-corrected chi connectivity index (χ1v) is 9.31. The zero-order chi connectivity index (χ0) is 18.3. The van der Waals surface area contributed by atoms with Gasteiger partial charge in [-0.15, -0.1) is 0 Å². The van der Waals surface area contributed by atoms with Crippen LogP contribution in [0.1, 0.15) is 43.9 Å². The summed E-state index contributed by atoms with van der Waals surface area (Å²) >= 11 is 0. The molecule has 0 spiro atoms. The van der Waals surface area contributed by atoms with Crippen molar-refractivity contribution in [3.63, 3.8) is 0 Å². The summed E-state index contributed by atoms with van der Waals surface area (Å²) in [5, 5.41) is 6.87. The number of hydrogen-bond acceptors (Lipinski definition) is 3. The lowest BCUT2D eigenvalue weighted by Gasteiger charge is -2.28. The van der Waals surface area contributed by atoms with Gasteiger partial charge in [0.05, 0.1) is 11.6 Å². The van der Waals surface area contributed by atoms with Gasteiger partial charge in [0.15, 0.2) is 5.96 Å². The molecule has 5 heteroatoms. The van der Waals surface area contributed by atoms with Gasteiger partial charge in [-0.25, -0.2) is 0 Å². The Balaban J connectivity index is 1.91. The van der Waals surface area contributed by atoms with Crippen LogP contribution in [0.2, 0.25) is 0 Å². The first-order valence-electron chi connectivity index (χ1n) is 9.31. The number of rotatable bonds is 7. The predicted octanol–water partition coefficient (Wildman–Crippen LogP) is 2.59. The van der Waals surface area contributed by atoms with Crippen LogP contribution in [0.3, 0.4) is 0 Å². The minimum absolute atomic E-state index is 0.0748. The van der Waals surface area contributed by atoms with E-state index >= 15 is 0 Å². The van der Waals surface area contributed by atoms with Gasteiger partial charge in [0.1, 0.15) is 0 Å². The van der Waals surface area contributed by atoms with Crippen LogP contribution >= 0.6 is 0 Å². The van der Waals surface area contributed by atoms with Crippen molar-refractivity contribution in [2.45, 2.75) is 44.8 Å². The van der Waals surface area contributed by atoms with Crippen molar-refractivity contribution in [1.29, 1.82) is 0 Å². The maximum atomic E-state index is 5.84. The van der Waals surface area contributed by atoms with Crippen molar-refractivity contribution in [3.8, 4) is 0 Å². The lowest BCUT2D eigenvalue weighted by molar-refractivity contribution is 0.0242. The number of hydrogen-bond donors (Lipinski definition) is 2. The molecular formula is C20H34N4O. The number of ether oxygens (including phenoxy) is 1. The Bertz CT molecular complexity index is 547. The molecule has 1 aromatic rings. The number of likely N-dealkylation sites (N-methyl/N-ethyl adjacent to an activating group) is 1. The molecule has 0 bridgehead atoms. The third-order valence-electron chi connectivity index (χ3n) is 5.01. The molecule has 25 heavy (non-hydrogen) atoms. The Hall–Kier alpha value is -1.59. The Morgan fingerprint density at radius 1 is 1.28 bits per heavy atom. The molecule has 2 unspecified atom stereocenters. The summed E-state index contributed by atoms with van der Waals surface area (Å²) in [5.74, 6) is 0.828. The minimum atomic E-state index is -0.0748. The van der Waals surface area contributed by atoms with E-state index in [4.69, 9.17) is 4.74 Å². The molecular weight excluding hydrogens is 312 g/mol. The summed E-state index contributed by atoms with van der Waals surface area (Å²) in [5.41, 5.74) is 2.61. The normalized spacial score (nSPS) is 22.2. The maximum absolute atomic E-state index is 5.84. The molecule has 0 radical (unpaired) electrons. The van der Waals surface area contributed by atoms with Crippen molar-refractivity contribution in [3.05, 3.63) is 35.4 Å². The minimum Gasteiger partial charge on any atom is -0.373 e. The highest BCUT2D eigenvalue weighted by molar-refractivity contribution is 5.79. The molecule has 1 saturated heterocycles. The number of nitrogens with one attached hydrogen (secondary N) is 2. The van der Waals surface area contributed by atoms with E-state index in [1.165, 1.54) is 11.1 Å². The van der Waals surface area contributed by atoms with Gasteiger partial charge in [0.2, 0.25) is 0 Å². The van der Waals surface area contributed by atoms with E-state index < -0.39 is 0 Å². The quantitative estimate of drug-likeness (QED) is 0.588. The van der Waals surface area contributed by atoms with E-state index in [1.807, 2.05) is 7.05 Å². The SMILES string of the molecule is CCc1ccc(C(CNC(=NC)NCC2(C)CCCO2)N(C)C)cc1. The van der Waals surface area contributed by atoms with Crippen LogP contribution in [-0.4, -0.2) is 57.3 Å². The van der Waals surface area contributed by atoms with Crippen molar-refractivity contribution in [2.24, 2.45) is 4.99 Å². The number of nitrogens with zero attached hydrogens (tertiary/aromatic N) is 2. The number of aryl methyl sites for hydroxylation is 1. The zero-order valence-corrected chi connectivity index (χ0v) is 16.4. The smallest absolute Gasteiger partial charge is 0.191 e. The summed E-state index contributed by atoms with van der Waals surface area (Å²) in [7, 11) is 6.04. The molecule has 1 aliphatic heterocycles. The molecule has 1 aromatic carbocycles. The van der Waals surface area contributed by atoms with Crippen LogP contribution in [-0.2, 0) is 11.2 Å². The average molecular weight is 347 g/mol. The zero-order valence-electron chi connectivity index (χ0n) is 16.4. The largest absolute Gasteiger partial charge is 0.373 e. The lowest BCUT2D eigenvalue weighted by atomic mass is 10.0. The Morgan fingerprint density at radius 3 is 2.52 bits per heavy atom. The average Bonchev–Trinajstić information content (AvgIpc) is 3.05. The monoisotopic (exact) mass is 346 g/mol. The summed E-state index contributed by atoms with van der Waals surface area (Å²) < 4.78 is 5.84. The second-order valence-electron chi connectivity index (χ2n) is 7.28. The highest BCUT2D eigenvalue weighted by Gasteiger charge is 2.29. The predicted molar refractivity (Wildman–Crippen MR) is 105 cm³/mol. The van der Waals surface area contributed by atoms with Crippen molar-refractivity contribution >= 4 is 5.96 Å². The van der Waals surface area contributed by atoms with Gasteiger partial charge in [-0.3, -0.25) is 4.99 Å². The topological polar surface area (TPSA) is 48.9 Å². The van der Waals surface area contributed by atoms with Gasteiger partial charge in [-0.05, 0) is 51.4 Å². The second kappa shape index (κ2) is 9.20. The molecule has 0 amide bonds. The van der Waals surface area contributed by atoms with Crippen LogP contribution < -0.4 is 10.6 Å². The number of aliphatic imine (C=N–C) groups is 1. The fourth-order valence-corrected chi connectivity index (χ4v) is 3.23. The Morgan fingerprint density at radius 2 is 2.00 bits per heavy atom. The molecule has 2 N–H and O–H groups in total. The van der Waals surface area contributed by atoms with Gasteiger partial charge in [-0.1, -0.05) is 31.2 Å². The third-order valence-corrected chi connectivity index (χ3v) is 5.01. The number of guanidine groups is 1. The van der Waals surface area contributed by atoms with E-state index in [0.717, 1.165) is 44.9 Å². The number of benzene rings is 1. The van der Waals surface area contributed by atoms with Crippen LogP contribution in [0, 0.1) is 0 Å². The molecule has 2 rings (SSSR count). The molecule has 1 fully saturated rings. The van der Waals surface area contributed by atoms with Crippen molar-refractivity contribution in [2.75, 3.05) is 40.8 Å². The highest BCUT2D eigenvalue weighted by atomic mass is 16.5. The fourth-order valence-electron chi connectivity index (χ4n) is 3.23. The molecule has 0 saturated carbocycles. The van der Waals surface area contributed by atoms with Crippen LogP contribution in [0.15, 0.2) is 29.3 Å². The lowest BCUT2D eigenvalue weighted by Crippen LogP contribution is -2.47. The molecule has 1 heterocycles. The Labute approximate surface area is 152 Å². The molecule has 0 aromatic heterocycles. The highest BCUT2D eigenvalue weighted by Crippen LogP contribution is 2.24. The van der Waals surface area contributed by atoms with Crippen LogP contribution in [0.4, 0.5) is 0 Å².